The van der Waals surface area contributed by atoms with Crippen LogP contribution in [0, 0.1) is 0 Å². The summed E-state index contributed by atoms with van der Waals surface area (Å²) in [5.41, 5.74) is 4.37. The Bertz CT molecular complexity index is 1440. The summed E-state index contributed by atoms with van der Waals surface area (Å²) < 4.78 is 11.3. The minimum atomic E-state index is -0.404. The summed E-state index contributed by atoms with van der Waals surface area (Å²) >= 11 is 1.32. The third kappa shape index (κ3) is 4.40. The van der Waals surface area contributed by atoms with Crippen molar-refractivity contribution in [2.45, 2.75) is 17.9 Å². The number of rotatable bonds is 7. The lowest BCUT2D eigenvalue weighted by Gasteiger charge is -2.16. The number of hydrogen-bond acceptors (Lipinski definition) is 8. The van der Waals surface area contributed by atoms with E-state index in [-0.39, 0.29) is 6.61 Å². The van der Waals surface area contributed by atoms with Crippen LogP contribution in [0.3, 0.4) is 0 Å². The van der Waals surface area contributed by atoms with Crippen molar-refractivity contribution in [3.05, 3.63) is 90.4 Å². The lowest BCUT2D eigenvalue weighted by atomic mass is 9.94. The molecule has 0 amide bonds. The molecule has 0 bridgehead atoms. The summed E-state index contributed by atoms with van der Waals surface area (Å²) in [4.78, 5) is 22.0. The molecule has 0 radical (unpaired) electrons. The molecule has 0 spiro atoms. The number of hydrogen-bond donors (Lipinski definition) is 0. The molecule has 0 fully saturated rings. The molecule has 3 heterocycles. The third-order valence-electron chi connectivity index (χ3n) is 5.18. The van der Waals surface area contributed by atoms with E-state index in [1.165, 1.54) is 11.8 Å². The number of benzene rings is 2. The summed E-state index contributed by atoms with van der Waals surface area (Å²) in [5.74, 6) is 0.363. The number of pyridine rings is 2. The number of nitrogens with zero attached hydrogens (tertiary/aromatic N) is 4. The van der Waals surface area contributed by atoms with E-state index in [1.807, 2.05) is 54.6 Å². The van der Waals surface area contributed by atoms with Crippen molar-refractivity contribution in [2.75, 3.05) is 6.61 Å². The summed E-state index contributed by atoms with van der Waals surface area (Å²) in [6, 6.07) is 21.2. The van der Waals surface area contributed by atoms with Gasteiger partial charge in [-0.25, -0.2) is 4.79 Å². The molecule has 5 rings (SSSR count). The molecular formula is C26H20N4O3S. The van der Waals surface area contributed by atoms with E-state index in [4.69, 9.17) is 14.1 Å². The van der Waals surface area contributed by atoms with Crippen LogP contribution in [-0.4, -0.2) is 32.7 Å². The first kappa shape index (κ1) is 21.8. The van der Waals surface area contributed by atoms with Crippen molar-refractivity contribution >= 4 is 28.6 Å². The molecule has 34 heavy (non-hydrogen) atoms. The highest BCUT2D eigenvalue weighted by Gasteiger charge is 2.24. The summed E-state index contributed by atoms with van der Waals surface area (Å²) in [7, 11) is 0. The maximum atomic E-state index is 13.2. The Balaban J connectivity index is 1.57. The standard InChI is InChI=1S/C26H20N4O3S/c1-2-32-25(31)23-21(16-34-26-30-29-24(33-26)18-12-14-27-15-13-18)28-20-11-7-6-10-19(20)22(23)17-8-4-3-5-9-17/h3-15H,2,16H2,1H3. The van der Waals surface area contributed by atoms with Crippen LogP contribution in [0.15, 0.2) is 88.8 Å². The van der Waals surface area contributed by atoms with E-state index in [2.05, 4.69) is 15.2 Å². The Kier molecular flexibility index (Phi) is 6.31. The molecule has 0 saturated heterocycles. The van der Waals surface area contributed by atoms with E-state index >= 15 is 0 Å². The summed E-state index contributed by atoms with van der Waals surface area (Å²) in [5, 5.41) is 9.55. The molecule has 0 atom stereocenters. The lowest BCUT2D eigenvalue weighted by Crippen LogP contribution is -2.12. The van der Waals surface area contributed by atoms with Gasteiger partial charge in [-0.15, -0.1) is 10.2 Å². The third-order valence-corrected chi connectivity index (χ3v) is 6.01. The SMILES string of the molecule is CCOC(=O)c1c(CSc2nnc(-c3ccncc3)o2)nc2ccccc2c1-c1ccccc1. The molecule has 168 valence electrons. The second-order valence-corrected chi connectivity index (χ2v) is 8.24. The Labute approximate surface area is 200 Å². The van der Waals surface area contributed by atoms with E-state index in [1.54, 1.807) is 31.5 Å². The topological polar surface area (TPSA) is 91.0 Å². The molecule has 2 aromatic carbocycles. The van der Waals surface area contributed by atoms with Gasteiger partial charge in [-0.3, -0.25) is 9.97 Å². The first-order valence-corrected chi connectivity index (χ1v) is 11.7. The molecule has 0 N–H and O–H groups in total. The highest BCUT2D eigenvalue weighted by Crippen LogP contribution is 2.36. The molecule has 8 heteroatoms. The highest BCUT2D eigenvalue weighted by atomic mass is 32.2. The van der Waals surface area contributed by atoms with Crippen LogP contribution in [0.2, 0.25) is 0 Å². The van der Waals surface area contributed by atoms with Gasteiger partial charge < -0.3 is 9.15 Å². The molecule has 0 aliphatic rings. The Morgan fingerprint density at radius 3 is 2.50 bits per heavy atom. The van der Waals surface area contributed by atoms with Crippen LogP contribution in [-0.2, 0) is 10.5 Å². The van der Waals surface area contributed by atoms with Gasteiger partial charge in [0, 0.05) is 34.7 Å². The van der Waals surface area contributed by atoms with Gasteiger partial charge in [0.15, 0.2) is 0 Å². The molecule has 0 unspecified atom stereocenters. The number of para-hydroxylation sites is 1. The van der Waals surface area contributed by atoms with Crippen LogP contribution < -0.4 is 0 Å². The molecule has 5 aromatic rings. The zero-order valence-corrected chi connectivity index (χ0v) is 19.2. The normalized spacial score (nSPS) is 11.0. The fraction of sp³-hybridized carbons (Fsp3) is 0.115. The lowest BCUT2D eigenvalue weighted by molar-refractivity contribution is 0.0526. The largest absolute Gasteiger partial charge is 0.462 e. The van der Waals surface area contributed by atoms with E-state index in [0.29, 0.717) is 28.1 Å². The average Bonchev–Trinajstić information content (AvgIpc) is 3.37. The molecule has 3 aromatic heterocycles. The Morgan fingerprint density at radius 2 is 1.71 bits per heavy atom. The van der Waals surface area contributed by atoms with E-state index in [9.17, 15) is 4.79 Å². The minimum Gasteiger partial charge on any atom is -0.462 e. The van der Waals surface area contributed by atoms with E-state index < -0.39 is 5.97 Å². The van der Waals surface area contributed by atoms with Gasteiger partial charge in [0.1, 0.15) is 0 Å². The monoisotopic (exact) mass is 468 g/mol. The molecular weight excluding hydrogens is 448 g/mol. The van der Waals surface area contributed by atoms with Gasteiger partial charge in [0.2, 0.25) is 5.89 Å². The Hall–Kier alpha value is -4.04. The fourth-order valence-electron chi connectivity index (χ4n) is 3.70. The van der Waals surface area contributed by atoms with Crippen molar-refractivity contribution in [3.8, 4) is 22.6 Å². The van der Waals surface area contributed by atoms with Crippen LogP contribution in [0.1, 0.15) is 23.0 Å². The van der Waals surface area contributed by atoms with Crippen LogP contribution >= 0.6 is 11.8 Å². The van der Waals surface area contributed by atoms with Gasteiger partial charge in [0.05, 0.1) is 23.4 Å². The number of carbonyl (C=O) groups is 1. The molecule has 0 aliphatic heterocycles. The molecule has 7 nitrogen and oxygen atoms in total. The zero-order chi connectivity index (χ0) is 23.3. The number of fused-ring (bicyclic) bond motifs is 1. The van der Waals surface area contributed by atoms with Gasteiger partial charge in [-0.05, 0) is 30.7 Å². The van der Waals surface area contributed by atoms with Crippen LogP contribution in [0.25, 0.3) is 33.5 Å². The van der Waals surface area contributed by atoms with Crippen molar-refractivity contribution in [2.24, 2.45) is 0 Å². The van der Waals surface area contributed by atoms with Crippen LogP contribution in [0.4, 0.5) is 0 Å². The zero-order valence-electron chi connectivity index (χ0n) is 18.3. The number of thioether (sulfide) groups is 1. The molecule has 0 aliphatic carbocycles. The molecule has 0 saturated carbocycles. The van der Waals surface area contributed by atoms with Crippen molar-refractivity contribution in [1.82, 2.24) is 20.2 Å². The predicted molar refractivity (Wildman–Crippen MR) is 130 cm³/mol. The van der Waals surface area contributed by atoms with Gasteiger partial charge in [-0.2, -0.15) is 0 Å². The maximum Gasteiger partial charge on any atom is 0.340 e. The van der Waals surface area contributed by atoms with Crippen molar-refractivity contribution in [3.63, 3.8) is 0 Å². The number of carbonyl (C=O) groups excluding carboxylic acids is 1. The maximum absolute atomic E-state index is 13.2. The second kappa shape index (κ2) is 9.84. The highest BCUT2D eigenvalue weighted by molar-refractivity contribution is 7.98. The van der Waals surface area contributed by atoms with Gasteiger partial charge in [0.25, 0.3) is 5.22 Å². The van der Waals surface area contributed by atoms with Gasteiger partial charge in [-0.1, -0.05) is 60.3 Å². The average molecular weight is 469 g/mol. The quantitative estimate of drug-likeness (QED) is 0.218. The summed E-state index contributed by atoms with van der Waals surface area (Å²) in [6.45, 7) is 2.06. The fourth-order valence-corrected chi connectivity index (χ4v) is 4.41. The predicted octanol–water partition coefficient (Wildman–Crippen LogP) is 5.82. The summed E-state index contributed by atoms with van der Waals surface area (Å²) in [6.07, 6.45) is 3.34. The van der Waals surface area contributed by atoms with Gasteiger partial charge >= 0.3 is 5.97 Å². The van der Waals surface area contributed by atoms with E-state index in [0.717, 1.165) is 27.6 Å². The Morgan fingerprint density at radius 1 is 0.941 bits per heavy atom. The second-order valence-electron chi connectivity index (χ2n) is 7.31. The van der Waals surface area contributed by atoms with Crippen molar-refractivity contribution < 1.29 is 13.9 Å². The van der Waals surface area contributed by atoms with Crippen molar-refractivity contribution in [1.29, 1.82) is 0 Å². The minimum absolute atomic E-state index is 0.269. The van der Waals surface area contributed by atoms with Crippen LogP contribution in [0.5, 0.6) is 0 Å². The first-order valence-electron chi connectivity index (χ1n) is 10.8. The first-order chi connectivity index (χ1) is 16.7. The number of aromatic nitrogens is 4. The number of esters is 1. The number of ether oxygens (including phenoxy) is 1. The smallest absolute Gasteiger partial charge is 0.340 e.